The molecule has 0 spiro atoms. The third-order valence-corrected chi connectivity index (χ3v) is 4.44. The molecule has 0 atom stereocenters. The molecule has 0 fully saturated rings. The molecule has 0 saturated heterocycles. The fraction of sp³-hybridized carbons (Fsp3) is 0. The zero-order valence-electron chi connectivity index (χ0n) is 11.4. The number of hydrogen-bond donors (Lipinski definition) is 2. The van der Waals surface area contributed by atoms with E-state index >= 15 is 0 Å². The van der Waals surface area contributed by atoms with Crippen LogP contribution in [0.4, 0.5) is 5.69 Å². The van der Waals surface area contributed by atoms with Crippen molar-refractivity contribution < 1.29 is 23.5 Å². The second-order valence-corrected chi connectivity index (χ2v) is 6.29. The smallest absolute Gasteiger partial charge is 0.261 e. The number of carboxylic acid groups (broad SMARTS) is 1. The topological polar surface area (TPSA) is 137 Å². The molecule has 2 aromatic carbocycles. The average molecular weight is 333 g/mol. The van der Waals surface area contributed by atoms with Gasteiger partial charge in [0.25, 0.3) is 10.0 Å². The van der Waals surface area contributed by atoms with Gasteiger partial charge in [-0.25, -0.2) is 8.42 Å². The highest BCUT2D eigenvalue weighted by atomic mass is 32.2. The van der Waals surface area contributed by atoms with Crippen LogP contribution < -0.4 is 9.83 Å². The van der Waals surface area contributed by atoms with E-state index in [4.69, 9.17) is 0 Å². The minimum absolute atomic E-state index is 0.0717. The Hall–Kier alpha value is -3.14. The molecule has 3 rings (SSSR count). The number of aromatic nitrogens is 3. The lowest BCUT2D eigenvalue weighted by Crippen LogP contribution is -2.22. The Kier molecular flexibility index (Phi) is 3.37. The Morgan fingerprint density at radius 1 is 1.22 bits per heavy atom. The molecular weight excluding hydrogens is 324 g/mol. The summed E-state index contributed by atoms with van der Waals surface area (Å²) in [6, 6.07) is 9.10. The second-order valence-electron chi connectivity index (χ2n) is 4.60. The lowest BCUT2D eigenvalue weighted by molar-refractivity contribution is -0.255. The van der Waals surface area contributed by atoms with E-state index in [1.807, 2.05) is 0 Å². The summed E-state index contributed by atoms with van der Waals surface area (Å²) < 4.78 is 27.0. The van der Waals surface area contributed by atoms with E-state index in [2.05, 4.69) is 15.0 Å². The Bertz CT molecular complexity index is 1010. The number of sulfonamides is 1. The number of hydrogen-bond acceptors (Lipinski definition) is 7. The zero-order chi connectivity index (χ0) is 16.6. The summed E-state index contributed by atoms with van der Waals surface area (Å²) in [4.78, 5) is 11.1. The fourth-order valence-electron chi connectivity index (χ4n) is 1.98. The average Bonchev–Trinajstić information content (AvgIpc) is 2.88. The summed E-state index contributed by atoms with van der Waals surface area (Å²) >= 11 is 0. The molecule has 118 valence electrons. The lowest BCUT2D eigenvalue weighted by Gasteiger charge is -2.10. The zero-order valence-corrected chi connectivity index (χ0v) is 12.2. The predicted octanol–water partition coefficient (Wildman–Crippen LogP) is -0.167. The third kappa shape index (κ3) is 2.79. The van der Waals surface area contributed by atoms with Gasteiger partial charge in [-0.15, -0.1) is 5.10 Å². The van der Waals surface area contributed by atoms with Crippen molar-refractivity contribution in [2.24, 2.45) is 0 Å². The van der Waals surface area contributed by atoms with Gasteiger partial charge in [0.05, 0.1) is 10.9 Å². The molecule has 0 aliphatic carbocycles. The maximum atomic E-state index is 12.4. The summed E-state index contributed by atoms with van der Waals surface area (Å²) in [6.07, 6.45) is 0. The van der Waals surface area contributed by atoms with Crippen molar-refractivity contribution in [1.29, 1.82) is 0 Å². The van der Waals surface area contributed by atoms with Gasteiger partial charge < -0.3 is 15.1 Å². The molecule has 0 aliphatic heterocycles. The largest absolute Gasteiger partial charge is 0.545 e. The lowest BCUT2D eigenvalue weighted by atomic mass is 10.2. The van der Waals surface area contributed by atoms with Gasteiger partial charge in [0.1, 0.15) is 11.0 Å². The fourth-order valence-corrected chi connectivity index (χ4v) is 3.05. The summed E-state index contributed by atoms with van der Waals surface area (Å²) in [7, 11) is -3.99. The number of fused-ring (bicyclic) bond motifs is 1. The van der Waals surface area contributed by atoms with Crippen LogP contribution in [-0.4, -0.2) is 34.8 Å². The van der Waals surface area contributed by atoms with Gasteiger partial charge in [-0.05, 0) is 41.1 Å². The van der Waals surface area contributed by atoms with E-state index in [-0.39, 0.29) is 21.7 Å². The van der Waals surface area contributed by atoms with Gasteiger partial charge in [-0.3, -0.25) is 4.72 Å². The van der Waals surface area contributed by atoms with Crippen LogP contribution in [0.25, 0.3) is 11.0 Å². The van der Waals surface area contributed by atoms with Crippen LogP contribution in [0.1, 0.15) is 10.4 Å². The maximum Gasteiger partial charge on any atom is 0.261 e. The number of aromatic carboxylic acids is 1. The first kappa shape index (κ1) is 14.8. The van der Waals surface area contributed by atoms with Crippen molar-refractivity contribution in [3.05, 3.63) is 48.0 Å². The van der Waals surface area contributed by atoms with Crippen molar-refractivity contribution in [1.82, 2.24) is 15.2 Å². The third-order valence-electron chi connectivity index (χ3n) is 3.06. The van der Waals surface area contributed by atoms with Crippen LogP contribution >= 0.6 is 0 Å². The first-order valence-corrected chi connectivity index (χ1v) is 7.74. The van der Waals surface area contributed by atoms with E-state index in [0.717, 1.165) is 6.07 Å². The van der Waals surface area contributed by atoms with Gasteiger partial charge in [0.2, 0.25) is 0 Å². The van der Waals surface area contributed by atoms with Crippen molar-refractivity contribution in [2.45, 2.75) is 4.90 Å². The van der Waals surface area contributed by atoms with E-state index < -0.39 is 16.0 Å². The van der Waals surface area contributed by atoms with Crippen LogP contribution in [0.2, 0.25) is 0 Å². The molecule has 23 heavy (non-hydrogen) atoms. The molecule has 3 aromatic rings. The van der Waals surface area contributed by atoms with E-state index in [0.29, 0.717) is 10.4 Å². The van der Waals surface area contributed by atoms with Gasteiger partial charge in [-0.1, -0.05) is 17.0 Å². The molecule has 1 heterocycles. The summed E-state index contributed by atoms with van der Waals surface area (Å²) in [5, 5.41) is 27.3. The Labute approximate surface area is 129 Å². The van der Waals surface area contributed by atoms with Crippen LogP contribution in [0.3, 0.4) is 0 Å². The van der Waals surface area contributed by atoms with Gasteiger partial charge in [-0.2, -0.15) is 0 Å². The molecule has 1 aromatic heterocycles. The number of anilines is 1. The molecule has 0 unspecified atom stereocenters. The van der Waals surface area contributed by atoms with E-state index in [9.17, 15) is 23.5 Å². The van der Waals surface area contributed by atoms with Crippen LogP contribution in [0, 0.1) is 0 Å². The number of nitrogens with one attached hydrogen (secondary N) is 1. The molecule has 0 bridgehead atoms. The van der Waals surface area contributed by atoms with Gasteiger partial charge in [0.15, 0.2) is 0 Å². The van der Waals surface area contributed by atoms with Crippen LogP contribution in [0.5, 0.6) is 0 Å². The standard InChI is InChI=1S/C13H10N4O5S/c18-13(19)8-2-1-3-9(6-8)15-23(21,22)10-4-5-11-12(7-10)17(20)16-14-11/h1-7,15,20H,(H,18,19)/p-1. The SMILES string of the molecule is O=C([O-])c1cccc(NS(=O)(=O)c2ccc3nnn(O)c3c2)c1. The highest BCUT2D eigenvalue weighted by molar-refractivity contribution is 7.92. The first-order chi connectivity index (χ1) is 10.9. The highest BCUT2D eigenvalue weighted by Gasteiger charge is 2.17. The Balaban J connectivity index is 1.98. The highest BCUT2D eigenvalue weighted by Crippen LogP contribution is 2.20. The summed E-state index contributed by atoms with van der Waals surface area (Å²) in [5.74, 6) is -1.41. The molecule has 0 aliphatic rings. The first-order valence-electron chi connectivity index (χ1n) is 6.26. The van der Waals surface area contributed by atoms with Crippen molar-refractivity contribution in [2.75, 3.05) is 4.72 Å². The quantitative estimate of drug-likeness (QED) is 0.632. The van der Waals surface area contributed by atoms with Gasteiger partial charge in [0, 0.05) is 5.69 Å². The number of carbonyl (C=O) groups excluding carboxylic acids is 1. The number of carbonyl (C=O) groups is 1. The van der Waals surface area contributed by atoms with Crippen molar-refractivity contribution in [3.63, 3.8) is 0 Å². The normalized spacial score (nSPS) is 11.5. The Morgan fingerprint density at radius 3 is 2.74 bits per heavy atom. The number of nitrogens with zero attached hydrogens (tertiary/aromatic N) is 3. The predicted molar refractivity (Wildman–Crippen MR) is 76.3 cm³/mol. The Morgan fingerprint density at radius 2 is 2.00 bits per heavy atom. The van der Waals surface area contributed by atoms with Gasteiger partial charge >= 0.3 is 0 Å². The molecule has 2 N–H and O–H groups in total. The molecule has 0 saturated carbocycles. The number of rotatable bonds is 4. The summed E-state index contributed by atoms with van der Waals surface area (Å²) in [6.45, 7) is 0. The van der Waals surface area contributed by atoms with E-state index in [1.165, 1.54) is 36.4 Å². The number of benzene rings is 2. The molecule has 0 amide bonds. The monoisotopic (exact) mass is 333 g/mol. The maximum absolute atomic E-state index is 12.4. The minimum atomic E-state index is -3.99. The molecular formula is C13H9N4O5S-. The minimum Gasteiger partial charge on any atom is -0.545 e. The molecule has 9 nitrogen and oxygen atoms in total. The second kappa shape index (κ2) is 5.25. The summed E-state index contributed by atoms with van der Waals surface area (Å²) in [5.41, 5.74) is 0.363. The van der Waals surface area contributed by atoms with Crippen LogP contribution in [-0.2, 0) is 10.0 Å². The molecule has 10 heteroatoms. The number of carboxylic acids is 1. The molecule has 0 radical (unpaired) electrons. The van der Waals surface area contributed by atoms with Crippen molar-refractivity contribution in [3.8, 4) is 0 Å². The van der Waals surface area contributed by atoms with E-state index in [1.54, 1.807) is 0 Å². The van der Waals surface area contributed by atoms with Crippen LogP contribution in [0.15, 0.2) is 47.4 Å². The van der Waals surface area contributed by atoms with Crippen molar-refractivity contribution >= 4 is 32.7 Å².